The minimum Gasteiger partial charge on any atom is -0.465 e. The Labute approximate surface area is 126 Å². The fourth-order valence-corrected chi connectivity index (χ4v) is 0.976. The summed E-state index contributed by atoms with van der Waals surface area (Å²) in [4.78, 5) is 24.7. The van der Waals surface area contributed by atoms with Crippen molar-refractivity contribution in [3.63, 3.8) is 0 Å². The van der Waals surface area contributed by atoms with Gasteiger partial charge in [-0.1, -0.05) is 15.9 Å². The zero-order chi connectivity index (χ0) is 13.3. The van der Waals surface area contributed by atoms with Gasteiger partial charge in [0.2, 0.25) is 0 Å². The minimum atomic E-state index is -0.201. The van der Waals surface area contributed by atoms with Crippen LogP contribution in [0.4, 0.5) is 0 Å². The third-order valence-electron chi connectivity index (χ3n) is 1.70. The maximum Gasteiger partial charge on any atom is 0.319 e. The number of alkyl halides is 1. The smallest absolute Gasteiger partial charge is 0.319 e. The molecule has 0 bridgehead atoms. The first-order chi connectivity index (χ1) is 7.99. The van der Waals surface area contributed by atoms with Crippen LogP contribution in [0.2, 0.25) is 0 Å². The van der Waals surface area contributed by atoms with E-state index in [1.54, 1.807) is 38.4 Å². The molecular weight excluding hydrogens is 366 g/mol. The predicted octanol–water partition coefficient (Wildman–Crippen LogP) is 3.20. The Morgan fingerprint density at radius 1 is 1.39 bits per heavy atom. The Hall–Kier alpha value is -0.750. The molecule has 0 aliphatic carbocycles. The van der Waals surface area contributed by atoms with E-state index in [0.717, 1.165) is 0 Å². The van der Waals surface area contributed by atoms with E-state index in [9.17, 15) is 9.59 Å². The molecule has 0 fully saturated rings. The lowest BCUT2D eigenvalue weighted by molar-refractivity contribution is -0.141. The highest BCUT2D eigenvalue weighted by molar-refractivity contribution is 9.10. The van der Waals surface area contributed by atoms with Gasteiger partial charge in [0.15, 0.2) is 5.78 Å². The molecule has 0 saturated heterocycles. The van der Waals surface area contributed by atoms with Crippen LogP contribution in [0.3, 0.4) is 0 Å². The van der Waals surface area contributed by atoms with Crippen LogP contribution >= 0.6 is 32.9 Å². The SMILES string of the molecule is Br.CC(=O)c1ccncc1.CCOC(=O)C(C)Br. The van der Waals surface area contributed by atoms with Crippen molar-refractivity contribution in [2.24, 2.45) is 0 Å². The minimum absolute atomic E-state index is 0. The molecule has 102 valence electrons. The number of rotatable bonds is 3. The van der Waals surface area contributed by atoms with E-state index < -0.39 is 0 Å². The zero-order valence-corrected chi connectivity index (χ0v) is 13.9. The number of Topliss-reactive ketones (excluding diaryl/α,β-unsaturated/α-hetero) is 1. The van der Waals surface area contributed by atoms with E-state index in [2.05, 4.69) is 25.7 Å². The maximum absolute atomic E-state index is 10.6. The van der Waals surface area contributed by atoms with Crippen LogP contribution in [0.1, 0.15) is 31.1 Å². The number of halogens is 2. The van der Waals surface area contributed by atoms with Gasteiger partial charge in [-0.2, -0.15) is 0 Å². The van der Waals surface area contributed by atoms with Crippen molar-refractivity contribution in [1.29, 1.82) is 0 Å². The average molecular weight is 383 g/mol. The molecule has 18 heavy (non-hydrogen) atoms. The Bertz CT molecular complexity index is 356. The second-order valence-corrected chi connectivity index (χ2v) is 4.53. The normalized spacial score (nSPS) is 10.2. The summed E-state index contributed by atoms with van der Waals surface area (Å²) in [6.07, 6.45) is 3.22. The Balaban J connectivity index is 0. The van der Waals surface area contributed by atoms with E-state index in [1.807, 2.05) is 0 Å². The molecule has 1 unspecified atom stereocenters. The second-order valence-electron chi connectivity index (χ2n) is 3.16. The first kappa shape index (κ1) is 19.6. The van der Waals surface area contributed by atoms with E-state index in [-0.39, 0.29) is 33.6 Å². The van der Waals surface area contributed by atoms with Crippen LogP contribution in [0.25, 0.3) is 0 Å². The highest BCUT2D eigenvalue weighted by Crippen LogP contribution is 1.98. The number of carbonyl (C=O) groups is 2. The number of hydrogen-bond donors (Lipinski definition) is 0. The molecule has 0 aromatic carbocycles. The Morgan fingerprint density at radius 2 is 1.89 bits per heavy atom. The molecule has 6 heteroatoms. The van der Waals surface area contributed by atoms with Gasteiger partial charge in [-0.3, -0.25) is 14.6 Å². The monoisotopic (exact) mass is 381 g/mol. The lowest BCUT2D eigenvalue weighted by atomic mass is 10.2. The van der Waals surface area contributed by atoms with Gasteiger partial charge >= 0.3 is 5.97 Å². The summed E-state index contributed by atoms with van der Waals surface area (Å²) in [5.41, 5.74) is 0.713. The first-order valence-corrected chi connectivity index (χ1v) is 6.12. The average Bonchev–Trinajstić information content (AvgIpc) is 2.31. The number of pyridine rings is 1. The van der Waals surface area contributed by atoms with Crippen LogP contribution in [0.15, 0.2) is 24.5 Å². The summed E-state index contributed by atoms with van der Waals surface area (Å²) < 4.78 is 4.62. The molecule has 0 aliphatic rings. The summed E-state index contributed by atoms with van der Waals surface area (Å²) in [6, 6.07) is 3.39. The van der Waals surface area contributed by atoms with Crippen LogP contribution in [0.5, 0.6) is 0 Å². The van der Waals surface area contributed by atoms with Crippen LogP contribution in [0, 0.1) is 0 Å². The van der Waals surface area contributed by atoms with Crippen molar-refractivity contribution in [1.82, 2.24) is 4.98 Å². The molecule has 0 amide bonds. The number of ether oxygens (including phenoxy) is 1. The van der Waals surface area contributed by atoms with E-state index in [0.29, 0.717) is 12.2 Å². The summed E-state index contributed by atoms with van der Waals surface area (Å²) in [5, 5.41) is 0. The van der Waals surface area contributed by atoms with Gasteiger partial charge < -0.3 is 4.74 Å². The van der Waals surface area contributed by atoms with Crippen molar-refractivity contribution in [2.75, 3.05) is 6.61 Å². The van der Waals surface area contributed by atoms with Crippen molar-refractivity contribution in [2.45, 2.75) is 25.6 Å². The number of hydrogen-bond acceptors (Lipinski definition) is 4. The van der Waals surface area contributed by atoms with Crippen LogP contribution < -0.4 is 0 Å². The molecular formula is C12H17Br2NO3. The summed E-state index contributed by atoms with van der Waals surface area (Å²) in [5.74, 6) is -0.120. The summed E-state index contributed by atoms with van der Waals surface area (Å²) in [6.45, 7) is 5.51. The molecule has 1 aromatic heterocycles. The van der Waals surface area contributed by atoms with Gasteiger partial charge in [0, 0.05) is 18.0 Å². The third-order valence-corrected chi connectivity index (χ3v) is 2.07. The topological polar surface area (TPSA) is 56.3 Å². The fraction of sp³-hybridized carbons (Fsp3) is 0.417. The van der Waals surface area contributed by atoms with Crippen molar-refractivity contribution < 1.29 is 14.3 Å². The lowest BCUT2D eigenvalue weighted by Gasteiger charge is -2.00. The van der Waals surface area contributed by atoms with Crippen molar-refractivity contribution in [3.05, 3.63) is 30.1 Å². The Kier molecular flexibility index (Phi) is 12.3. The molecule has 0 radical (unpaired) electrons. The highest BCUT2D eigenvalue weighted by atomic mass is 79.9. The highest BCUT2D eigenvalue weighted by Gasteiger charge is 2.07. The number of esters is 1. The molecule has 1 heterocycles. The summed E-state index contributed by atoms with van der Waals surface area (Å²) in [7, 11) is 0. The number of nitrogens with zero attached hydrogens (tertiary/aromatic N) is 1. The summed E-state index contributed by atoms with van der Waals surface area (Å²) >= 11 is 3.07. The fourth-order valence-electron chi connectivity index (χ4n) is 0.844. The molecule has 0 aliphatic heterocycles. The van der Waals surface area contributed by atoms with Crippen LogP contribution in [-0.4, -0.2) is 28.2 Å². The second kappa shape index (κ2) is 11.3. The van der Waals surface area contributed by atoms with Crippen LogP contribution in [-0.2, 0) is 9.53 Å². The predicted molar refractivity (Wildman–Crippen MR) is 79.6 cm³/mol. The standard InChI is InChI=1S/C7H7NO.C5H9BrO2.BrH/c1-6(9)7-2-4-8-5-3-7;1-3-8-5(7)4(2)6;/h2-5H,1H3;4H,3H2,1-2H3;1H. The number of carbonyl (C=O) groups excluding carboxylic acids is 2. The molecule has 1 aromatic rings. The van der Waals surface area contributed by atoms with Gasteiger partial charge in [-0.15, -0.1) is 17.0 Å². The third kappa shape index (κ3) is 9.30. The molecule has 0 N–H and O–H groups in total. The van der Waals surface area contributed by atoms with Crippen molar-refractivity contribution in [3.8, 4) is 0 Å². The van der Waals surface area contributed by atoms with Gasteiger partial charge in [-0.05, 0) is 32.9 Å². The number of ketones is 1. The van der Waals surface area contributed by atoms with Gasteiger partial charge in [-0.25, -0.2) is 0 Å². The number of aromatic nitrogens is 1. The largest absolute Gasteiger partial charge is 0.465 e. The van der Waals surface area contributed by atoms with E-state index >= 15 is 0 Å². The molecule has 4 nitrogen and oxygen atoms in total. The van der Waals surface area contributed by atoms with Gasteiger partial charge in [0.05, 0.1) is 6.61 Å². The van der Waals surface area contributed by atoms with Crippen molar-refractivity contribution >= 4 is 44.7 Å². The Morgan fingerprint density at radius 3 is 2.11 bits per heavy atom. The quantitative estimate of drug-likeness (QED) is 0.457. The van der Waals surface area contributed by atoms with Gasteiger partial charge in [0.1, 0.15) is 4.83 Å². The first-order valence-electron chi connectivity index (χ1n) is 5.20. The van der Waals surface area contributed by atoms with Gasteiger partial charge in [0.25, 0.3) is 0 Å². The lowest BCUT2D eigenvalue weighted by Crippen LogP contribution is -2.13. The molecule has 0 saturated carbocycles. The zero-order valence-electron chi connectivity index (χ0n) is 10.6. The van der Waals surface area contributed by atoms with E-state index in [1.165, 1.54) is 6.92 Å². The maximum atomic E-state index is 10.6. The van der Waals surface area contributed by atoms with E-state index in [4.69, 9.17) is 0 Å². The molecule has 0 spiro atoms. The molecule has 1 rings (SSSR count). The molecule has 1 atom stereocenters.